The van der Waals surface area contributed by atoms with Gasteiger partial charge in [0.1, 0.15) is 11.2 Å². The van der Waals surface area contributed by atoms with Crippen LogP contribution in [0, 0.1) is 0 Å². The Bertz CT molecular complexity index is 575. The summed E-state index contributed by atoms with van der Waals surface area (Å²) in [6, 6.07) is 0.555. The van der Waals surface area contributed by atoms with Crippen LogP contribution in [0.2, 0.25) is 0 Å². The molecule has 0 aromatic rings. The maximum Gasteiger partial charge on any atom is 0.410 e. The Kier molecular flexibility index (Phi) is 18.1. The van der Waals surface area contributed by atoms with Gasteiger partial charge in [0.2, 0.25) is 0 Å². The Hall–Kier alpha value is -1.58. The summed E-state index contributed by atoms with van der Waals surface area (Å²) in [5.41, 5.74) is -0.904. The van der Waals surface area contributed by atoms with Gasteiger partial charge in [0.25, 0.3) is 0 Å². The molecule has 0 rings (SSSR count). The molecule has 0 saturated carbocycles. The molecule has 0 heterocycles. The molecule has 0 aliphatic rings. The lowest BCUT2D eigenvalue weighted by Crippen LogP contribution is -2.44. The van der Waals surface area contributed by atoms with Crippen LogP contribution in [0.4, 0.5) is 9.59 Å². The summed E-state index contributed by atoms with van der Waals surface area (Å²) >= 11 is 0. The Labute approximate surface area is 215 Å². The van der Waals surface area contributed by atoms with E-state index in [9.17, 15) is 9.59 Å². The molecule has 0 fully saturated rings. The molecule has 0 radical (unpaired) electrons. The summed E-state index contributed by atoms with van der Waals surface area (Å²) in [6.45, 7) is 20.6. The standard InChI is InChI=1S/C13H28N2O3.C13H28N2O2/c1-11(14-5)10-15(8-6-7-9-16)12(17)18-13(2,3)4;1-8-9-14(6)11(2)10-15(7)12(16)17-13(3,4)5/h11,14,16H,6-10H2,1-5H3;11H,8-10H2,1-7H3/t2*11-/m11/s1. The van der Waals surface area contributed by atoms with E-state index in [0.29, 0.717) is 32.1 Å². The highest BCUT2D eigenvalue weighted by Crippen LogP contribution is 2.11. The van der Waals surface area contributed by atoms with Gasteiger partial charge in [0.15, 0.2) is 0 Å². The predicted octanol–water partition coefficient (Wildman–Crippen LogP) is 4.19. The van der Waals surface area contributed by atoms with Crippen LogP contribution in [0.15, 0.2) is 0 Å². The second-order valence-electron chi connectivity index (χ2n) is 11.2. The Balaban J connectivity index is 0. The molecule has 35 heavy (non-hydrogen) atoms. The van der Waals surface area contributed by atoms with E-state index in [1.165, 1.54) is 0 Å². The number of carbonyl (C=O) groups is 2. The second-order valence-corrected chi connectivity index (χ2v) is 11.2. The highest BCUT2D eigenvalue weighted by molar-refractivity contribution is 5.68. The van der Waals surface area contributed by atoms with E-state index in [1.807, 2.05) is 55.5 Å². The largest absolute Gasteiger partial charge is 0.444 e. The molecule has 2 atom stereocenters. The summed E-state index contributed by atoms with van der Waals surface area (Å²) in [6.07, 6.45) is 2.06. The molecule has 210 valence electrons. The van der Waals surface area contributed by atoms with Crippen molar-refractivity contribution in [2.45, 2.75) is 105 Å². The molecule has 0 aliphatic carbocycles. The molecule has 0 aromatic carbocycles. The third kappa shape index (κ3) is 20.3. The molecule has 0 aliphatic heterocycles. The van der Waals surface area contributed by atoms with E-state index in [-0.39, 0.29) is 24.8 Å². The summed E-state index contributed by atoms with van der Waals surface area (Å²) in [4.78, 5) is 29.4. The zero-order valence-corrected chi connectivity index (χ0v) is 24.7. The first kappa shape index (κ1) is 35.6. The first-order valence-electron chi connectivity index (χ1n) is 12.9. The number of ether oxygens (including phenoxy) is 2. The average Bonchev–Trinajstić information content (AvgIpc) is 2.71. The first-order valence-corrected chi connectivity index (χ1v) is 12.9. The van der Waals surface area contributed by atoms with Gasteiger partial charge >= 0.3 is 12.2 Å². The predicted molar refractivity (Wildman–Crippen MR) is 144 cm³/mol. The third-order valence-electron chi connectivity index (χ3n) is 5.05. The summed E-state index contributed by atoms with van der Waals surface area (Å²) in [5, 5.41) is 11.9. The van der Waals surface area contributed by atoms with E-state index < -0.39 is 11.2 Å². The van der Waals surface area contributed by atoms with Crippen molar-refractivity contribution >= 4 is 12.2 Å². The normalized spacial score (nSPS) is 13.4. The van der Waals surface area contributed by atoms with Crippen LogP contribution >= 0.6 is 0 Å². The average molecular weight is 505 g/mol. The molecule has 2 amide bonds. The number of unbranched alkanes of at least 4 members (excludes halogenated alkanes) is 1. The van der Waals surface area contributed by atoms with Crippen molar-refractivity contribution in [3.8, 4) is 0 Å². The highest BCUT2D eigenvalue weighted by Gasteiger charge is 2.23. The van der Waals surface area contributed by atoms with Crippen LogP contribution < -0.4 is 5.32 Å². The van der Waals surface area contributed by atoms with E-state index in [1.54, 1.807) is 16.8 Å². The van der Waals surface area contributed by atoms with Crippen molar-refractivity contribution in [2.24, 2.45) is 0 Å². The minimum absolute atomic E-state index is 0.156. The monoisotopic (exact) mass is 504 g/mol. The van der Waals surface area contributed by atoms with E-state index in [4.69, 9.17) is 14.6 Å². The van der Waals surface area contributed by atoms with Crippen LogP contribution in [0.5, 0.6) is 0 Å². The van der Waals surface area contributed by atoms with E-state index in [0.717, 1.165) is 19.4 Å². The van der Waals surface area contributed by atoms with Crippen LogP contribution in [-0.4, -0.2) is 109 Å². The Morgan fingerprint density at radius 3 is 1.83 bits per heavy atom. The SMILES string of the molecule is CCCN(C)[C@H](C)CN(C)C(=O)OC(C)(C)C.CN[C@H](C)CN(CCCCO)C(=O)OC(C)(C)C. The molecule has 9 heteroatoms. The first-order chi connectivity index (χ1) is 16.0. The number of hydrogen-bond acceptors (Lipinski definition) is 7. The number of nitrogens with one attached hydrogen (secondary N) is 1. The summed E-state index contributed by atoms with van der Waals surface area (Å²) in [5.74, 6) is 0. The van der Waals surface area contributed by atoms with Crippen molar-refractivity contribution < 1.29 is 24.2 Å². The molecule has 0 saturated heterocycles. The fourth-order valence-electron chi connectivity index (χ4n) is 2.94. The number of amides is 2. The van der Waals surface area contributed by atoms with Gasteiger partial charge in [-0.15, -0.1) is 0 Å². The van der Waals surface area contributed by atoms with Gasteiger partial charge in [-0.1, -0.05) is 6.92 Å². The lowest BCUT2D eigenvalue weighted by molar-refractivity contribution is 0.0228. The zero-order valence-electron chi connectivity index (χ0n) is 24.7. The minimum atomic E-state index is -0.477. The van der Waals surface area contributed by atoms with Crippen molar-refractivity contribution in [2.75, 3.05) is 53.9 Å². The van der Waals surface area contributed by atoms with Crippen molar-refractivity contribution in [1.82, 2.24) is 20.0 Å². The number of nitrogens with zero attached hydrogens (tertiary/aromatic N) is 3. The molecular weight excluding hydrogens is 448 g/mol. The molecule has 9 nitrogen and oxygen atoms in total. The Morgan fingerprint density at radius 2 is 1.40 bits per heavy atom. The lowest BCUT2D eigenvalue weighted by atomic mass is 10.2. The maximum absolute atomic E-state index is 12.0. The smallest absolute Gasteiger partial charge is 0.410 e. The van der Waals surface area contributed by atoms with Crippen molar-refractivity contribution in [3.63, 3.8) is 0 Å². The topological polar surface area (TPSA) is 94.6 Å². The van der Waals surface area contributed by atoms with Crippen molar-refractivity contribution in [1.29, 1.82) is 0 Å². The molecule has 0 bridgehead atoms. The fraction of sp³-hybridized carbons (Fsp3) is 0.923. The number of aliphatic hydroxyl groups is 1. The second kappa shape index (κ2) is 17.8. The number of rotatable bonds is 12. The lowest BCUT2D eigenvalue weighted by Gasteiger charge is -2.30. The van der Waals surface area contributed by atoms with Crippen LogP contribution in [0.25, 0.3) is 0 Å². The number of hydrogen-bond donors (Lipinski definition) is 2. The molecule has 0 aromatic heterocycles. The van der Waals surface area contributed by atoms with E-state index in [2.05, 4.69) is 31.1 Å². The highest BCUT2D eigenvalue weighted by atomic mass is 16.6. The number of likely N-dealkylation sites (N-methyl/N-ethyl adjacent to an activating group) is 3. The Morgan fingerprint density at radius 1 is 0.886 bits per heavy atom. The zero-order chi connectivity index (χ0) is 27.8. The fourth-order valence-corrected chi connectivity index (χ4v) is 2.94. The third-order valence-corrected chi connectivity index (χ3v) is 5.05. The molecular formula is C26H56N4O5. The van der Waals surface area contributed by atoms with Gasteiger partial charge in [-0.2, -0.15) is 0 Å². The van der Waals surface area contributed by atoms with Gasteiger partial charge in [0, 0.05) is 45.4 Å². The minimum Gasteiger partial charge on any atom is -0.444 e. The van der Waals surface area contributed by atoms with Crippen LogP contribution in [0.1, 0.15) is 81.6 Å². The van der Waals surface area contributed by atoms with Gasteiger partial charge < -0.3 is 34.6 Å². The molecule has 0 spiro atoms. The van der Waals surface area contributed by atoms with Gasteiger partial charge in [-0.3, -0.25) is 0 Å². The summed E-state index contributed by atoms with van der Waals surface area (Å²) in [7, 11) is 5.73. The maximum atomic E-state index is 12.0. The van der Waals surface area contributed by atoms with Gasteiger partial charge in [-0.05, 0) is 95.3 Å². The van der Waals surface area contributed by atoms with Gasteiger partial charge in [-0.25, -0.2) is 9.59 Å². The van der Waals surface area contributed by atoms with Crippen molar-refractivity contribution in [3.05, 3.63) is 0 Å². The van der Waals surface area contributed by atoms with Gasteiger partial charge in [0.05, 0.1) is 0 Å². The van der Waals surface area contributed by atoms with Crippen LogP contribution in [-0.2, 0) is 9.47 Å². The van der Waals surface area contributed by atoms with E-state index >= 15 is 0 Å². The molecule has 0 unspecified atom stereocenters. The number of carbonyl (C=O) groups excluding carboxylic acids is 2. The quantitative estimate of drug-likeness (QED) is 0.385. The number of aliphatic hydroxyl groups excluding tert-OH is 1. The summed E-state index contributed by atoms with van der Waals surface area (Å²) < 4.78 is 10.7. The van der Waals surface area contributed by atoms with Crippen LogP contribution in [0.3, 0.4) is 0 Å². The molecule has 2 N–H and O–H groups in total.